The van der Waals surface area contributed by atoms with E-state index >= 15 is 0 Å². The van der Waals surface area contributed by atoms with Gasteiger partial charge in [-0.15, -0.1) is 11.8 Å². The topological polar surface area (TPSA) is 101 Å². The van der Waals surface area contributed by atoms with Crippen LogP contribution in [0.3, 0.4) is 0 Å². The summed E-state index contributed by atoms with van der Waals surface area (Å²) in [6, 6.07) is 27.2. The second-order valence-corrected chi connectivity index (χ2v) is 8.87. The maximum absolute atomic E-state index is 13.3. The first-order valence-corrected chi connectivity index (χ1v) is 11.7. The Hall–Kier alpha value is -4.50. The molecule has 2 amide bonds. The molecule has 0 saturated carbocycles. The zero-order valence-corrected chi connectivity index (χ0v) is 19.6. The van der Waals surface area contributed by atoms with E-state index < -0.39 is 21.9 Å². The van der Waals surface area contributed by atoms with E-state index in [9.17, 15) is 24.1 Å². The fourth-order valence-corrected chi connectivity index (χ4v) is 4.47. The summed E-state index contributed by atoms with van der Waals surface area (Å²) in [5.74, 6) is -1.18. The van der Waals surface area contributed by atoms with Crippen LogP contribution >= 0.6 is 11.8 Å². The van der Waals surface area contributed by atoms with Gasteiger partial charge in [0, 0.05) is 34.0 Å². The number of non-ortho nitro benzene ring substituents is 1. The molecule has 36 heavy (non-hydrogen) atoms. The number of thioether (sulfide) groups is 1. The van der Waals surface area contributed by atoms with Gasteiger partial charge in [0.1, 0.15) is 11.1 Å². The Bertz CT molecular complexity index is 1400. The summed E-state index contributed by atoms with van der Waals surface area (Å²) in [5.41, 5.74) is 1.70. The number of nitrogens with one attached hydrogen (secondary N) is 2. The predicted molar refractivity (Wildman–Crippen MR) is 138 cm³/mol. The molecule has 0 aliphatic heterocycles. The summed E-state index contributed by atoms with van der Waals surface area (Å²) >= 11 is 1.29. The molecule has 4 aromatic rings. The normalized spacial score (nSPS) is 11.4. The lowest BCUT2D eigenvalue weighted by Gasteiger charge is -2.18. The number of halogens is 1. The molecular formula is C27H20FN3O4S. The van der Waals surface area contributed by atoms with Crippen molar-refractivity contribution in [2.24, 2.45) is 0 Å². The Labute approximate surface area is 210 Å². The van der Waals surface area contributed by atoms with Gasteiger partial charge in [0.25, 0.3) is 11.6 Å². The Kier molecular flexibility index (Phi) is 7.72. The molecule has 0 bridgehead atoms. The SMILES string of the molecule is O=C(Nc1cccc(SC(C(=O)Nc2ccc(F)cc2)c2ccccc2)c1)c1cccc([N+](=O)[O-])c1. The van der Waals surface area contributed by atoms with Crippen LogP contribution < -0.4 is 10.6 Å². The number of hydrogen-bond acceptors (Lipinski definition) is 5. The first kappa shape index (κ1) is 24.6. The molecule has 9 heteroatoms. The second-order valence-electron chi connectivity index (χ2n) is 7.69. The van der Waals surface area contributed by atoms with E-state index in [-0.39, 0.29) is 17.2 Å². The molecule has 1 unspecified atom stereocenters. The summed E-state index contributed by atoms with van der Waals surface area (Å²) in [6.07, 6.45) is 0. The minimum Gasteiger partial charge on any atom is -0.325 e. The molecule has 180 valence electrons. The molecule has 1 atom stereocenters. The van der Waals surface area contributed by atoms with Crippen molar-refractivity contribution < 1.29 is 18.9 Å². The number of anilines is 2. The lowest BCUT2D eigenvalue weighted by Crippen LogP contribution is -2.19. The molecule has 0 aliphatic carbocycles. The molecule has 2 N–H and O–H groups in total. The quantitative estimate of drug-likeness (QED) is 0.164. The van der Waals surface area contributed by atoms with Crippen LogP contribution in [0.2, 0.25) is 0 Å². The van der Waals surface area contributed by atoms with Crippen molar-refractivity contribution >= 4 is 40.6 Å². The van der Waals surface area contributed by atoms with E-state index in [1.807, 2.05) is 36.4 Å². The highest BCUT2D eigenvalue weighted by molar-refractivity contribution is 8.00. The van der Waals surface area contributed by atoms with Crippen LogP contribution in [-0.2, 0) is 4.79 Å². The third-order valence-corrected chi connectivity index (χ3v) is 6.37. The van der Waals surface area contributed by atoms with Crippen molar-refractivity contribution in [1.82, 2.24) is 0 Å². The largest absolute Gasteiger partial charge is 0.325 e. The summed E-state index contributed by atoms with van der Waals surface area (Å²) in [4.78, 5) is 37.0. The van der Waals surface area contributed by atoms with E-state index in [1.54, 1.807) is 18.2 Å². The highest BCUT2D eigenvalue weighted by atomic mass is 32.2. The van der Waals surface area contributed by atoms with Gasteiger partial charge in [-0.25, -0.2) is 4.39 Å². The van der Waals surface area contributed by atoms with Crippen LogP contribution in [0, 0.1) is 15.9 Å². The van der Waals surface area contributed by atoms with E-state index in [0.717, 1.165) is 10.5 Å². The standard InChI is InChI=1S/C27H20FN3O4S/c28-20-12-14-21(15-13-20)29-27(33)25(18-6-2-1-3-7-18)36-24-11-5-9-22(17-24)30-26(32)19-8-4-10-23(16-19)31(34)35/h1-17,25H,(H,29,33)(H,30,32). The average molecular weight is 502 g/mol. The fraction of sp³-hybridized carbons (Fsp3) is 0.0370. The highest BCUT2D eigenvalue weighted by Gasteiger charge is 2.22. The van der Waals surface area contributed by atoms with Crippen LogP contribution in [0.25, 0.3) is 0 Å². The Morgan fingerprint density at radius 3 is 2.25 bits per heavy atom. The van der Waals surface area contributed by atoms with E-state index in [4.69, 9.17) is 0 Å². The van der Waals surface area contributed by atoms with Crippen molar-refractivity contribution in [2.45, 2.75) is 10.1 Å². The molecule has 0 saturated heterocycles. The Balaban J connectivity index is 1.53. The second kappa shape index (κ2) is 11.3. The maximum Gasteiger partial charge on any atom is 0.270 e. The van der Waals surface area contributed by atoms with E-state index in [1.165, 1.54) is 60.3 Å². The number of carbonyl (C=O) groups excluding carboxylic acids is 2. The van der Waals surface area contributed by atoms with Gasteiger partial charge in [0.2, 0.25) is 5.91 Å². The molecule has 0 fully saturated rings. The number of nitro benzene ring substituents is 1. The number of hydrogen-bond donors (Lipinski definition) is 2. The van der Waals surface area contributed by atoms with Crippen molar-refractivity contribution in [3.8, 4) is 0 Å². The molecule has 4 aromatic carbocycles. The molecule has 0 heterocycles. The number of amides is 2. The van der Waals surface area contributed by atoms with Gasteiger partial charge in [-0.3, -0.25) is 19.7 Å². The summed E-state index contributed by atoms with van der Waals surface area (Å²) in [5, 5.41) is 15.9. The number of rotatable bonds is 8. The zero-order valence-electron chi connectivity index (χ0n) is 18.8. The molecule has 0 aromatic heterocycles. The van der Waals surface area contributed by atoms with Gasteiger partial charge in [-0.1, -0.05) is 42.5 Å². The first-order valence-electron chi connectivity index (χ1n) is 10.8. The lowest BCUT2D eigenvalue weighted by molar-refractivity contribution is -0.384. The van der Waals surface area contributed by atoms with Gasteiger partial charge in [0.15, 0.2) is 0 Å². The number of nitro groups is 1. The van der Waals surface area contributed by atoms with Crippen LogP contribution in [0.1, 0.15) is 21.2 Å². The van der Waals surface area contributed by atoms with Crippen LogP contribution in [-0.4, -0.2) is 16.7 Å². The van der Waals surface area contributed by atoms with Crippen LogP contribution in [0.15, 0.2) is 108 Å². The molecule has 7 nitrogen and oxygen atoms in total. The van der Waals surface area contributed by atoms with Crippen molar-refractivity contribution in [1.29, 1.82) is 0 Å². The highest BCUT2D eigenvalue weighted by Crippen LogP contribution is 2.37. The van der Waals surface area contributed by atoms with Gasteiger partial charge in [0.05, 0.1) is 4.92 Å². The van der Waals surface area contributed by atoms with Crippen LogP contribution in [0.4, 0.5) is 21.5 Å². The van der Waals surface area contributed by atoms with Crippen molar-refractivity contribution in [3.63, 3.8) is 0 Å². The smallest absolute Gasteiger partial charge is 0.270 e. The molecule has 0 radical (unpaired) electrons. The van der Waals surface area contributed by atoms with Gasteiger partial charge in [-0.2, -0.15) is 0 Å². The molecule has 0 spiro atoms. The third kappa shape index (κ3) is 6.34. The minimum absolute atomic E-state index is 0.156. The van der Waals surface area contributed by atoms with Crippen LogP contribution in [0.5, 0.6) is 0 Å². The fourth-order valence-electron chi connectivity index (χ4n) is 3.39. The summed E-state index contributed by atoms with van der Waals surface area (Å²) in [6.45, 7) is 0. The summed E-state index contributed by atoms with van der Waals surface area (Å²) in [7, 11) is 0. The van der Waals surface area contributed by atoms with Gasteiger partial charge in [-0.05, 0) is 54.1 Å². The summed E-state index contributed by atoms with van der Waals surface area (Å²) < 4.78 is 13.3. The minimum atomic E-state index is -0.626. The van der Waals surface area contributed by atoms with Gasteiger partial charge < -0.3 is 10.6 Å². The maximum atomic E-state index is 13.3. The first-order chi connectivity index (χ1) is 17.4. The van der Waals surface area contributed by atoms with Crippen molar-refractivity contribution in [3.05, 3.63) is 130 Å². The Morgan fingerprint density at radius 2 is 1.53 bits per heavy atom. The lowest BCUT2D eigenvalue weighted by atomic mass is 10.1. The predicted octanol–water partition coefficient (Wildman–Crippen LogP) is 6.46. The third-order valence-electron chi connectivity index (χ3n) is 5.12. The van der Waals surface area contributed by atoms with E-state index in [0.29, 0.717) is 11.4 Å². The van der Waals surface area contributed by atoms with Crippen molar-refractivity contribution in [2.75, 3.05) is 10.6 Å². The Morgan fingerprint density at radius 1 is 0.806 bits per heavy atom. The monoisotopic (exact) mass is 501 g/mol. The number of benzene rings is 4. The molecular weight excluding hydrogens is 481 g/mol. The average Bonchev–Trinajstić information content (AvgIpc) is 2.89. The zero-order chi connectivity index (χ0) is 25.5. The van der Waals surface area contributed by atoms with E-state index in [2.05, 4.69) is 10.6 Å². The molecule has 0 aliphatic rings. The number of nitrogens with zero attached hydrogens (tertiary/aromatic N) is 1. The van der Waals surface area contributed by atoms with Gasteiger partial charge >= 0.3 is 0 Å². The number of carbonyl (C=O) groups is 2. The molecule has 4 rings (SSSR count).